The largest absolute Gasteiger partial charge is 0.416 e. The molecule has 0 atom stereocenters. The number of hydrogen-bond donors (Lipinski definition) is 1. The van der Waals surface area contributed by atoms with Gasteiger partial charge in [0, 0.05) is 18.7 Å². The predicted octanol–water partition coefficient (Wildman–Crippen LogP) is 3.00. The molecule has 0 aliphatic carbocycles. The molecule has 106 valence electrons. The Morgan fingerprint density at radius 2 is 1.85 bits per heavy atom. The van der Waals surface area contributed by atoms with Gasteiger partial charge in [-0.2, -0.15) is 18.3 Å². The zero-order valence-corrected chi connectivity index (χ0v) is 10.8. The lowest BCUT2D eigenvalue weighted by molar-refractivity contribution is -0.137. The Hall–Kier alpha value is -2.31. The molecule has 0 saturated heterocycles. The molecule has 0 aliphatic heterocycles. The summed E-state index contributed by atoms with van der Waals surface area (Å²) in [6, 6.07) is 5.71. The van der Waals surface area contributed by atoms with Gasteiger partial charge in [0.15, 0.2) is 0 Å². The summed E-state index contributed by atoms with van der Waals surface area (Å²) >= 11 is 0. The Kier molecular flexibility index (Phi) is 3.52. The van der Waals surface area contributed by atoms with Crippen LogP contribution >= 0.6 is 0 Å². The molecule has 1 heterocycles. The summed E-state index contributed by atoms with van der Waals surface area (Å²) in [5, 5.41) is 6.64. The number of aryl methyl sites for hydroxylation is 2. The van der Waals surface area contributed by atoms with Crippen molar-refractivity contribution in [3.05, 3.63) is 47.2 Å². The van der Waals surface area contributed by atoms with E-state index in [9.17, 15) is 18.0 Å². The lowest BCUT2D eigenvalue weighted by Crippen LogP contribution is -2.15. The molecule has 7 heteroatoms. The molecule has 1 aromatic carbocycles. The van der Waals surface area contributed by atoms with Gasteiger partial charge in [0.25, 0.3) is 5.91 Å². The highest BCUT2D eigenvalue weighted by Gasteiger charge is 2.30. The first-order chi connectivity index (χ1) is 9.27. The van der Waals surface area contributed by atoms with Crippen LogP contribution in [-0.2, 0) is 13.2 Å². The third-order valence-corrected chi connectivity index (χ3v) is 2.72. The molecule has 0 saturated carbocycles. The minimum atomic E-state index is -4.41. The summed E-state index contributed by atoms with van der Waals surface area (Å²) in [5.41, 5.74) is 0.0949. The van der Waals surface area contributed by atoms with Crippen molar-refractivity contribution in [3.63, 3.8) is 0 Å². The number of carbonyl (C=O) groups excluding carboxylic acids is 1. The number of aromatic nitrogens is 2. The van der Waals surface area contributed by atoms with Gasteiger partial charge in [0.1, 0.15) is 5.82 Å². The fourth-order valence-electron chi connectivity index (χ4n) is 1.73. The number of hydrogen-bond acceptors (Lipinski definition) is 2. The van der Waals surface area contributed by atoms with E-state index in [4.69, 9.17) is 0 Å². The molecule has 0 spiro atoms. The number of amides is 1. The number of alkyl halides is 3. The van der Waals surface area contributed by atoms with Crippen molar-refractivity contribution in [1.29, 1.82) is 0 Å². The number of anilines is 1. The molecule has 1 aromatic heterocycles. The average Bonchev–Trinajstić information content (AvgIpc) is 2.67. The Morgan fingerprint density at radius 1 is 1.25 bits per heavy atom. The van der Waals surface area contributed by atoms with E-state index in [-0.39, 0.29) is 5.56 Å². The minimum absolute atomic E-state index is 0.150. The van der Waals surface area contributed by atoms with Gasteiger partial charge in [-0.25, -0.2) is 0 Å². The maximum absolute atomic E-state index is 12.4. The lowest BCUT2D eigenvalue weighted by Gasteiger charge is -2.08. The van der Waals surface area contributed by atoms with E-state index < -0.39 is 17.6 Å². The van der Waals surface area contributed by atoms with Crippen LogP contribution in [0.25, 0.3) is 0 Å². The summed E-state index contributed by atoms with van der Waals surface area (Å²) in [7, 11) is 1.66. The van der Waals surface area contributed by atoms with E-state index in [1.165, 1.54) is 4.68 Å². The number of nitrogens with one attached hydrogen (secondary N) is 1. The van der Waals surface area contributed by atoms with E-state index in [0.29, 0.717) is 5.82 Å². The first kappa shape index (κ1) is 14.1. The first-order valence-corrected chi connectivity index (χ1v) is 5.76. The second-order valence-corrected chi connectivity index (χ2v) is 4.32. The van der Waals surface area contributed by atoms with Crippen molar-refractivity contribution in [1.82, 2.24) is 9.78 Å². The molecule has 0 unspecified atom stereocenters. The van der Waals surface area contributed by atoms with Gasteiger partial charge in [-0.3, -0.25) is 9.48 Å². The van der Waals surface area contributed by atoms with Crippen molar-refractivity contribution in [3.8, 4) is 0 Å². The highest BCUT2D eigenvalue weighted by molar-refractivity contribution is 6.03. The first-order valence-electron chi connectivity index (χ1n) is 5.76. The van der Waals surface area contributed by atoms with E-state index in [2.05, 4.69) is 10.4 Å². The van der Waals surface area contributed by atoms with Gasteiger partial charge in [0.05, 0.1) is 11.3 Å². The second-order valence-electron chi connectivity index (χ2n) is 4.32. The van der Waals surface area contributed by atoms with E-state index in [1.54, 1.807) is 20.0 Å². The molecule has 1 N–H and O–H groups in total. The Balaban J connectivity index is 2.16. The SMILES string of the molecule is Cc1cc(NC(=O)c2ccc(C(F)(F)F)cc2)n(C)n1. The van der Waals surface area contributed by atoms with Crippen LogP contribution in [0.3, 0.4) is 0 Å². The Labute approximate surface area is 113 Å². The smallest absolute Gasteiger partial charge is 0.307 e. The maximum Gasteiger partial charge on any atom is 0.416 e. The minimum Gasteiger partial charge on any atom is -0.307 e. The van der Waals surface area contributed by atoms with E-state index >= 15 is 0 Å². The predicted molar refractivity (Wildman–Crippen MR) is 67.3 cm³/mol. The number of benzene rings is 1. The molecule has 4 nitrogen and oxygen atoms in total. The van der Waals surface area contributed by atoms with Crippen molar-refractivity contribution < 1.29 is 18.0 Å². The topological polar surface area (TPSA) is 46.9 Å². The second kappa shape index (κ2) is 4.99. The van der Waals surface area contributed by atoms with Crippen molar-refractivity contribution >= 4 is 11.7 Å². The highest BCUT2D eigenvalue weighted by Crippen LogP contribution is 2.29. The van der Waals surface area contributed by atoms with Crippen LogP contribution in [0, 0.1) is 6.92 Å². The average molecular weight is 283 g/mol. The number of nitrogens with zero attached hydrogens (tertiary/aromatic N) is 2. The van der Waals surface area contributed by atoms with Crippen LogP contribution in [0.5, 0.6) is 0 Å². The molecule has 1 amide bonds. The fraction of sp³-hybridized carbons (Fsp3) is 0.231. The van der Waals surface area contributed by atoms with Crippen LogP contribution in [0.1, 0.15) is 21.6 Å². The zero-order chi connectivity index (χ0) is 14.9. The Morgan fingerprint density at radius 3 is 2.30 bits per heavy atom. The maximum atomic E-state index is 12.4. The van der Waals surface area contributed by atoms with Gasteiger partial charge in [-0.1, -0.05) is 0 Å². The number of rotatable bonds is 2. The Bertz CT molecular complexity index is 629. The van der Waals surface area contributed by atoms with Gasteiger partial charge < -0.3 is 5.32 Å². The van der Waals surface area contributed by atoms with Crippen LogP contribution < -0.4 is 5.32 Å². The zero-order valence-electron chi connectivity index (χ0n) is 10.8. The molecule has 2 aromatic rings. The van der Waals surface area contributed by atoms with Gasteiger partial charge >= 0.3 is 6.18 Å². The van der Waals surface area contributed by atoms with Gasteiger partial charge in [-0.15, -0.1) is 0 Å². The normalized spacial score (nSPS) is 11.4. The molecule has 0 bridgehead atoms. The number of carbonyl (C=O) groups is 1. The quantitative estimate of drug-likeness (QED) is 0.921. The highest BCUT2D eigenvalue weighted by atomic mass is 19.4. The molecule has 0 radical (unpaired) electrons. The van der Waals surface area contributed by atoms with Gasteiger partial charge in [-0.05, 0) is 31.2 Å². The fourth-order valence-corrected chi connectivity index (χ4v) is 1.73. The summed E-state index contributed by atoms with van der Waals surface area (Å²) in [6.07, 6.45) is -4.41. The van der Waals surface area contributed by atoms with Crippen LogP contribution in [-0.4, -0.2) is 15.7 Å². The van der Waals surface area contributed by atoms with Crippen LogP contribution in [0.4, 0.5) is 19.0 Å². The standard InChI is InChI=1S/C13H12F3N3O/c1-8-7-11(19(2)18-8)17-12(20)9-3-5-10(6-4-9)13(14,15)16/h3-7H,1-2H3,(H,17,20). The summed E-state index contributed by atoms with van der Waals surface area (Å²) < 4.78 is 38.7. The molecular formula is C13H12F3N3O. The van der Waals surface area contributed by atoms with Crippen molar-refractivity contribution in [2.24, 2.45) is 7.05 Å². The monoisotopic (exact) mass is 283 g/mol. The summed E-state index contributed by atoms with van der Waals surface area (Å²) in [6.45, 7) is 1.77. The van der Waals surface area contributed by atoms with E-state index in [1.807, 2.05) is 0 Å². The van der Waals surface area contributed by atoms with E-state index in [0.717, 1.165) is 30.0 Å². The van der Waals surface area contributed by atoms with Gasteiger partial charge in [0.2, 0.25) is 0 Å². The molecule has 20 heavy (non-hydrogen) atoms. The molecule has 0 fully saturated rings. The third-order valence-electron chi connectivity index (χ3n) is 2.72. The van der Waals surface area contributed by atoms with Crippen molar-refractivity contribution in [2.75, 3.05) is 5.32 Å². The summed E-state index contributed by atoms with van der Waals surface area (Å²) in [4.78, 5) is 11.9. The molecule has 2 rings (SSSR count). The third kappa shape index (κ3) is 2.98. The van der Waals surface area contributed by atoms with Crippen LogP contribution in [0.15, 0.2) is 30.3 Å². The van der Waals surface area contributed by atoms with Crippen LogP contribution in [0.2, 0.25) is 0 Å². The molecule has 0 aliphatic rings. The molecular weight excluding hydrogens is 271 g/mol. The van der Waals surface area contributed by atoms with Crippen molar-refractivity contribution in [2.45, 2.75) is 13.1 Å². The summed E-state index contributed by atoms with van der Waals surface area (Å²) in [5.74, 6) is -0.00544. The number of halogens is 3. The lowest BCUT2D eigenvalue weighted by atomic mass is 10.1.